The van der Waals surface area contributed by atoms with Crippen LogP contribution in [-0.2, 0) is 0 Å². The summed E-state index contributed by atoms with van der Waals surface area (Å²) in [7, 11) is 0. The first kappa shape index (κ1) is 16.0. The van der Waals surface area contributed by atoms with E-state index < -0.39 is 11.8 Å². The number of aromatic nitrogens is 1. The molecule has 0 aliphatic rings. The Morgan fingerprint density at radius 3 is 2.32 bits per heavy atom. The highest BCUT2D eigenvalue weighted by Gasteiger charge is 2.22. The van der Waals surface area contributed by atoms with Gasteiger partial charge in [-0.15, -0.1) is 0 Å². The third-order valence-corrected chi connectivity index (χ3v) is 3.29. The van der Waals surface area contributed by atoms with E-state index in [2.05, 4.69) is 16.0 Å². The van der Waals surface area contributed by atoms with Gasteiger partial charge in [-0.3, -0.25) is 20.4 Å². The third kappa shape index (κ3) is 3.46. The van der Waals surface area contributed by atoms with Gasteiger partial charge in [0, 0.05) is 16.5 Å². The monoisotopic (exact) mass is 321 g/mol. The first-order chi connectivity index (χ1) is 10.4. The Morgan fingerprint density at radius 1 is 1.14 bits per heavy atom. The molecule has 0 spiro atoms. The molecule has 2 N–H and O–H groups in total. The number of nitrogens with zero attached hydrogens (tertiary/aromatic N) is 1. The lowest BCUT2D eigenvalue weighted by Gasteiger charge is -2.08. The number of hydrogen-bond acceptors (Lipinski definition) is 4. The molecule has 7 heteroatoms. The molecule has 116 valence electrons. The summed E-state index contributed by atoms with van der Waals surface area (Å²) < 4.78 is 5.14. The maximum absolute atomic E-state index is 12.2. The molecule has 0 aliphatic heterocycles. The van der Waals surface area contributed by atoms with E-state index in [9.17, 15) is 9.59 Å². The zero-order valence-corrected chi connectivity index (χ0v) is 13.2. The number of carbonyl (C=O) groups excluding carboxylic acids is 2. The van der Waals surface area contributed by atoms with Crippen molar-refractivity contribution in [3.8, 4) is 0 Å². The number of carbonyl (C=O) groups is 2. The van der Waals surface area contributed by atoms with Crippen LogP contribution >= 0.6 is 11.6 Å². The van der Waals surface area contributed by atoms with Crippen molar-refractivity contribution in [1.82, 2.24) is 16.0 Å². The van der Waals surface area contributed by atoms with E-state index >= 15 is 0 Å². The number of aryl methyl sites for hydroxylation is 1. The minimum absolute atomic E-state index is 0.00826. The molecule has 1 aromatic heterocycles. The number of benzene rings is 1. The molecule has 0 saturated carbocycles. The minimum Gasteiger partial charge on any atom is -0.360 e. The highest BCUT2D eigenvalue weighted by molar-refractivity contribution is 6.30. The maximum Gasteiger partial charge on any atom is 0.275 e. The van der Waals surface area contributed by atoms with Crippen molar-refractivity contribution in [3.63, 3.8) is 0 Å². The van der Waals surface area contributed by atoms with Gasteiger partial charge in [-0.25, -0.2) is 0 Å². The average Bonchev–Trinajstić information content (AvgIpc) is 2.87. The summed E-state index contributed by atoms with van der Waals surface area (Å²) in [6.07, 6.45) is 0. The second-order valence-corrected chi connectivity index (χ2v) is 5.51. The minimum atomic E-state index is -0.468. The van der Waals surface area contributed by atoms with Crippen LogP contribution in [0.1, 0.15) is 51.9 Å². The molecule has 1 aromatic carbocycles. The fraction of sp³-hybridized carbons (Fsp3) is 0.267. The van der Waals surface area contributed by atoms with Crippen LogP contribution in [0.5, 0.6) is 0 Å². The second kappa shape index (κ2) is 6.62. The molecule has 6 nitrogen and oxygen atoms in total. The third-order valence-electron chi connectivity index (χ3n) is 3.04. The Kier molecular flexibility index (Phi) is 4.82. The van der Waals surface area contributed by atoms with E-state index in [0.717, 1.165) is 0 Å². The molecule has 0 fully saturated rings. The number of hydrogen-bond donors (Lipinski definition) is 2. The average molecular weight is 322 g/mol. The Labute approximate surface area is 132 Å². The van der Waals surface area contributed by atoms with Gasteiger partial charge in [0.1, 0.15) is 5.56 Å². The Morgan fingerprint density at radius 2 is 1.73 bits per heavy atom. The fourth-order valence-electron chi connectivity index (χ4n) is 1.91. The van der Waals surface area contributed by atoms with E-state index in [1.165, 1.54) is 0 Å². The molecule has 0 radical (unpaired) electrons. The lowest BCUT2D eigenvalue weighted by molar-refractivity contribution is 0.0845. The van der Waals surface area contributed by atoms with Gasteiger partial charge in [-0.2, -0.15) is 0 Å². The molecule has 0 saturated heterocycles. The van der Waals surface area contributed by atoms with E-state index in [1.54, 1.807) is 31.2 Å². The van der Waals surface area contributed by atoms with Gasteiger partial charge < -0.3 is 4.52 Å². The fourth-order valence-corrected chi connectivity index (χ4v) is 2.03. The molecular formula is C15H16ClN3O3. The van der Waals surface area contributed by atoms with Crippen molar-refractivity contribution >= 4 is 23.4 Å². The normalized spacial score (nSPS) is 10.6. The lowest BCUT2D eigenvalue weighted by Crippen LogP contribution is -2.42. The van der Waals surface area contributed by atoms with Gasteiger partial charge >= 0.3 is 0 Å². The van der Waals surface area contributed by atoms with Gasteiger partial charge in [0.05, 0.1) is 5.69 Å². The molecule has 2 amide bonds. The summed E-state index contributed by atoms with van der Waals surface area (Å²) in [6.45, 7) is 5.46. The van der Waals surface area contributed by atoms with Gasteiger partial charge in [-0.05, 0) is 31.2 Å². The quantitative estimate of drug-likeness (QED) is 0.851. The molecular weight excluding hydrogens is 306 g/mol. The predicted molar refractivity (Wildman–Crippen MR) is 81.7 cm³/mol. The first-order valence-corrected chi connectivity index (χ1v) is 7.10. The zero-order chi connectivity index (χ0) is 16.3. The second-order valence-electron chi connectivity index (χ2n) is 5.08. The van der Waals surface area contributed by atoms with Crippen LogP contribution in [0.15, 0.2) is 28.8 Å². The molecule has 0 bridgehead atoms. The summed E-state index contributed by atoms with van der Waals surface area (Å²) in [5.41, 5.74) is 5.91. The van der Waals surface area contributed by atoms with E-state index in [1.807, 2.05) is 13.8 Å². The lowest BCUT2D eigenvalue weighted by atomic mass is 10.0. The Bertz CT molecular complexity index is 693. The smallest absolute Gasteiger partial charge is 0.275 e. The Balaban J connectivity index is 2.05. The van der Waals surface area contributed by atoms with Crippen LogP contribution in [-0.4, -0.2) is 17.0 Å². The van der Waals surface area contributed by atoms with Crippen LogP contribution in [0, 0.1) is 6.92 Å². The van der Waals surface area contributed by atoms with Crippen molar-refractivity contribution in [2.24, 2.45) is 0 Å². The number of amides is 2. The molecule has 2 rings (SSSR count). The molecule has 22 heavy (non-hydrogen) atoms. The number of nitrogens with one attached hydrogen (secondary N) is 2. The van der Waals surface area contributed by atoms with Gasteiger partial charge in [0.2, 0.25) is 0 Å². The maximum atomic E-state index is 12.2. The molecule has 0 atom stereocenters. The standard InChI is InChI=1S/C15H16ClN3O3/c1-8(2)13-12(9(3)19-22-13)15(21)18-17-14(20)10-4-6-11(16)7-5-10/h4-8H,1-3H3,(H,17,20)(H,18,21). The van der Waals surface area contributed by atoms with E-state index in [4.69, 9.17) is 16.1 Å². The molecule has 1 heterocycles. The summed E-state index contributed by atoms with van der Waals surface area (Å²) in [5.74, 6) is -0.417. The number of hydrazine groups is 1. The van der Waals surface area contributed by atoms with E-state index in [0.29, 0.717) is 27.6 Å². The van der Waals surface area contributed by atoms with Crippen LogP contribution < -0.4 is 10.9 Å². The zero-order valence-electron chi connectivity index (χ0n) is 12.4. The van der Waals surface area contributed by atoms with Crippen LogP contribution in [0.3, 0.4) is 0 Å². The van der Waals surface area contributed by atoms with Gasteiger partial charge in [-0.1, -0.05) is 30.6 Å². The number of halogens is 1. The summed E-state index contributed by atoms with van der Waals surface area (Å²) >= 11 is 5.76. The SMILES string of the molecule is Cc1noc(C(C)C)c1C(=O)NNC(=O)c1ccc(Cl)cc1. The van der Waals surface area contributed by atoms with Crippen LogP contribution in [0.2, 0.25) is 5.02 Å². The molecule has 2 aromatic rings. The largest absolute Gasteiger partial charge is 0.360 e. The topological polar surface area (TPSA) is 84.2 Å². The van der Waals surface area contributed by atoms with Crippen molar-refractivity contribution < 1.29 is 14.1 Å². The van der Waals surface area contributed by atoms with Gasteiger partial charge in [0.25, 0.3) is 11.8 Å². The van der Waals surface area contributed by atoms with Crippen molar-refractivity contribution in [2.75, 3.05) is 0 Å². The summed E-state index contributed by atoms with van der Waals surface area (Å²) in [6, 6.07) is 6.32. The van der Waals surface area contributed by atoms with Crippen molar-refractivity contribution in [2.45, 2.75) is 26.7 Å². The van der Waals surface area contributed by atoms with E-state index in [-0.39, 0.29) is 5.92 Å². The van der Waals surface area contributed by atoms with Crippen LogP contribution in [0.4, 0.5) is 0 Å². The Hall–Kier alpha value is -2.34. The van der Waals surface area contributed by atoms with Crippen molar-refractivity contribution in [1.29, 1.82) is 0 Å². The van der Waals surface area contributed by atoms with Crippen molar-refractivity contribution in [3.05, 3.63) is 51.9 Å². The predicted octanol–water partition coefficient (Wildman–Crippen LogP) is 2.83. The highest BCUT2D eigenvalue weighted by Crippen LogP contribution is 2.21. The first-order valence-electron chi connectivity index (χ1n) is 6.72. The summed E-state index contributed by atoms with van der Waals surface area (Å²) in [5, 5.41) is 4.32. The highest BCUT2D eigenvalue weighted by atomic mass is 35.5. The van der Waals surface area contributed by atoms with Gasteiger partial charge in [0.15, 0.2) is 5.76 Å². The molecule has 0 unspecified atom stereocenters. The molecule has 0 aliphatic carbocycles. The number of rotatable bonds is 3. The summed E-state index contributed by atoms with van der Waals surface area (Å²) in [4.78, 5) is 24.1. The van der Waals surface area contributed by atoms with Crippen LogP contribution in [0.25, 0.3) is 0 Å².